The fraction of sp³-hybridized carbons (Fsp3) is 0.435. The first-order chi connectivity index (χ1) is 14.1. The Balaban J connectivity index is 2.05. The van der Waals surface area contributed by atoms with Crippen LogP contribution in [0.15, 0.2) is 42.5 Å². The highest BCUT2D eigenvalue weighted by Crippen LogP contribution is 2.40. The molecule has 0 saturated heterocycles. The van der Waals surface area contributed by atoms with E-state index in [0.29, 0.717) is 12.3 Å². The number of carbonyl (C=O) groups is 1. The average Bonchev–Trinajstić information content (AvgIpc) is 2.78. The first-order valence-electron chi connectivity index (χ1n) is 9.74. The van der Waals surface area contributed by atoms with Crippen molar-refractivity contribution in [3.05, 3.63) is 59.2 Å². The van der Waals surface area contributed by atoms with Crippen molar-refractivity contribution in [1.29, 1.82) is 0 Å². The summed E-state index contributed by atoms with van der Waals surface area (Å²) in [5.41, 5.74) is 3.58. The van der Waals surface area contributed by atoms with E-state index in [1.807, 2.05) is 24.3 Å². The summed E-state index contributed by atoms with van der Waals surface area (Å²) >= 11 is 1.74. The molecule has 2 aromatic rings. The predicted molar refractivity (Wildman–Crippen MR) is 117 cm³/mol. The quantitative estimate of drug-likeness (QED) is 0.605. The van der Waals surface area contributed by atoms with Crippen LogP contribution in [0.5, 0.6) is 11.5 Å². The van der Waals surface area contributed by atoms with Crippen molar-refractivity contribution in [2.45, 2.75) is 31.5 Å². The van der Waals surface area contributed by atoms with Crippen molar-refractivity contribution in [1.82, 2.24) is 4.90 Å². The van der Waals surface area contributed by atoms with Crippen molar-refractivity contribution in [3.8, 4) is 11.5 Å². The molecule has 2 atom stereocenters. The molecule has 0 spiro atoms. The number of nitrogens with zero attached hydrogens (tertiary/aromatic N) is 1. The van der Waals surface area contributed by atoms with Gasteiger partial charge in [-0.25, -0.2) is 0 Å². The Kier molecular flexibility index (Phi) is 7.45. The Morgan fingerprint density at radius 3 is 2.34 bits per heavy atom. The van der Waals surface area contributed by atoms with Gasteiger partial charge < -0.3 is 14.2 Å². The fourth-order valence-electron chi connectivity index (χ4n) is 4.03. The molecular weight excluding hydrogens is 386 g/mol. The number of rotatable bonds is 8. The summed E-state index contributed by atoms with van der Waals surface area (Å²) in [7, 11) is 4.77. The Labute approximate surface area is 177 Å². The van der Waals surface area contributed by atoms with Crippen LogP contribution in [0.2, 0.25) is 0 Å². The maximum absolute atomic E-state index is 12.7. The molecule has 0 aromatic heterocycles. The molecule has 3 rings (SSSR count). The summed E-state index contributed by atoms with van der Waals surface area (Å²) in [4.78, 5) is 15.0. The zero-order valence-corrected chi connectivity index (χ0v) is 18.3. The second-order valence-corrected chi connectivity index (χ2v) is 8.08. The molecule has 29 heavy (non-hydrogen) atoms. The molecule has 6 heteroatoms. The third-order valence-electron chi connectivity index (χ3n) is 5.53. The van der Waals surface area contributed by atoms with E-state index in [0.717, 1.165) is 29.9 Å². The molecule has 0 saturated carbocycles. The second-order valence-electron chi connectivity index (χ2n) is 7.10. The molecule has 5 nitrogen and oxygen atoms in total. The second kappa shape index (κ2) is 10.0. The smallest absolute Gasteiger partial charge is 0.323 e. The van der Waals surface area contributed by atoms with Gasteiger partial charge in [0, 0.05) is 12.6 Å². The lowest BCUT2D eigenvalue weighted by Gasteiger charge is -2.41. The molecule has 1 unspecified atom stereocenters. The van der Waals surface area contributed by atoms with Crippen molar-refractivity contribution >= 4 is 17.7 Å². The lowest BCUT2D eigenvalue weighted by atomic mass is 9.88. The summed E-state index contributed by atoms with van der Waals surface area (Å²) in [5, 5.41) is 0. The number of thioether (sulfide) groups is 1. The molecule has 0 amide bonds. The van der Waals surface area contributed by atoms with E-state index >= 15 is 0 Å². The van der Waals surface area contributed by atoms with Gasteiger partial charge >= 0.3 is 5.97 Å². The molecular formula is C23H29NO4S. The Bertz CT molecular complexity index is 827. The standard InChI is InChI=1S/C23H29NO4S/c1-26-21-13-17-12-20(16-8-6-5-7-9-16)24(15-18(17)14-22(21)27-2)19(10-11-29-4)23(25)28-3/h5-9,13-14,19-20H,10-12,15H2,1-4H3/t19-,20?/m0/s1. The minimum atomic E-state index is -0.293. The van der Waals surface area contributed by atoms with Crippen LogP contribution in [0.3, 0.4) is 0 Å². The van der Waals surface area contributed by atoms with Gasteiger partial charge in [-0.05, 0) is 53.7 Å². The van der Waals surface area contributed by atoms with Crippen LogP contribution < -0.4 is 9.47 Å². The van der Waals surface area contributed by atoms with E-state index in [9.17, 15) is 4.79 Å². The van der Waals surface area contributed by atoms with Crippen LogP contribution in [-0.4, -0.2) is 50.2 Å². The summed E-state index contributed by atoms with van der Waals surface area (Å²) in [6.07, 6.45) is 3.61. The normalized spacial score (nSPS) is 17.3. The monoisotopic (exact) mass is 415 g/mol. The van der Waals surface area contributed by atoms with E-state index in [-0.39, 0.29) is 18.1 Å². The highest BCUT2D eigenvalue weighted by atomic mass is 32.2. The lowest BCUT2D eigenvalue weighted by molar-refractivity contribution is -0.148. The van der Waals surface area contributed by atoms with Gasteiger partial charge in [-0.1, -0.05) is 30.3 Å². The van der Waals surface area contributed by atoms with Gasteiger partial charge in [-0.3, -0.25) is 9.69 Å². The molecule has 0 bridgehead atoms. The van der Waals surface area contributed by atoms with Crippen molar-refractivity contribution in [2.24, 2.45) is 0 Å². The van der Waals surface area contributed by atoms with E-state index < -0.39 is 0 Å². The Hall–Kier alpha value is -2.18. The van der Waals surface area contributed by atoms with Gasteiger partial charge in [0.15, 0.2) is 11.5 Å². The third-order valence-corrected chi connectivity index (χ3v) is 6.17. The number of carbonyl (C=O) groups excluding carboxylic acids is 1. The molecule has 1 heterocycles. The van der Waals surface area contributed by atoms with Gasteiger partial charge in [0.1, 0.15) is 6.04 Å². The number of methoxy groups -OCH3 is 3. The predicted octanol–water partition coefficient (Wildman–Crippen LogP) is 4.10. The zero-order valence-electron chi connectivity index (χ0n) is 17.5. The Morgan fingerprint density at radius 2 is 1.76 bits per heavy atom. The van der Waals surface area contributed by atoms with E-state index in [1.54, 1.807) is 26.0 Å². The number of fused-ring (bicyclic) bond motifs is 1. The number of hydrogen-bond donors (Lipinski definition) is 0. The molecule has 0 N–H and O–H groups in total. The summed E-state index contributed by atoms with van der Waals surface area (Å²) in [5.74, 6) is 2.17. The summed E-state index contributed by atoms with van der Waals surface area (Å²) < 4.78 is 16.2. The first kappa shape index (κ1) is 21.5. The lowest BCUT2D eigenvalue weighted by Crippen LogP contribution is -2.46. The van der Waals surface area contributed by atoms with Gasteiger partial charge in [-0.2, -0.15) is 11.8 Å². The summed E-state index contributed by atoms with van der Waals surface area (Å²) in [6, 6.07) is 14.3. The van der Waals surface area contributed by atoms with E-state index in [4.69, 9.17) is 14.2 Å². The van der Waals surface area contributed by atoms with Crippen LogP contribution in [-0.2, 0) is 22.5 Å². The molecule has 156 valence electrons. The third kappa shape index (κ3) is 4.70. The SMILES string of the molecule is COC(=O)[C@H](CCSC)N1Cc2cc(OC)c(OC)cc2CC1c1ccccc1. The highest BCUT2D eigenvalue weighted by Gasteiger charge is 2.36. The molecule has 0 aliphatic carbocycles. The highest BCUT2D eigenvalue weighted by molar-refractivity contribution is 7.98. The molecule has 1 aliphatic heterocycles. The summed E-state index contributed by atoms with van der Waals surface area (Å²) in [6.45, 7) is 0.656. The van der Waals surface area contributed by atoms with E-state index in [1.165, 1.54) is 18.2 Å². The number of hydrogen-bond acceptors (Lipinski definition) is 6. The minimum Gasteiger partial charge on any atom is -0.493 e. The number of ether oxygens (including phenoxy) is 3. The number of esters is 1. The maximum Gasteiger partial charge on any atom is 0.323 e. The van der Waals surface area contributed by atoms with Crippen molar-refractivity contribution < 1.29 is 19.0 Å². The maximum atomic E-state index is 12.7. The molecule has 0 radical (unpaired) electrons. The van der Waals surface area contributed by atoms with Crippen LogP contribution in [0.25, 0.3) is 0 Å². The van der Waals surface area contributed by atoms with Crippen LogP contribution in [0.1, 0.15) is 29.2 Å². The largest absolute Gasteiger partial charge is 0.493 e. The van der Waals surface area contributed by atoms with Crippen LogP contribution >= 0.6 is 11.8 Å². The van der Waals surface area contributed by atoms with Crippen molar-refractivity contribution in [2.75, 3.05) is 33.3 Å². The fourth-order valence-corrected chi connectivity index (χ4v) is 4.49. The van der Waals surface area contributed by atoms with Crippen molar-refractivity contribution in [3.63, 3.8) is 0 Å². The zero-order chi connectivity index (χ0) is 20.8. The van der Waals surface area contributed by atoms with E-state index in [2.05, 4.69) is 29.4 Å². The molecule has 2 aromatic carbocycles. The number of benzene rings is 2. The van der Waals surface area contributed by atoms with Gasteiger partial charge in [0.25, 0.3) is 0 Å². The van der Waals surface area contributed by atoms with Crippen LogP contribution in [0.4, 0.5) is 0 Å². The van der Waals surface area contributed by atoms with Crippen LogP contribution in [0, 0.1) is 0 Å². The Morgan fingerprint density at radius 1 is 1.10 bits per heavy atom. The van der Waals surface area contributed by atoms with Gasteiger partial charge in [-0.15, -0.1) is 0 Å². The van der Waals surface area contributed by atoms with Gasteiger partial charge in [0.05, 0.1) is 21.3 Å². The topological polar surface area (TPSA) is 48.0 Å². The first-order valence-corrected chi connectivity index (χ1v) is 11.1. The average molecular weight is 416 g/mol. The minimum absolute atomic E-state index is 0.0905. The van der Waals surface area contributed by atoms with Gasteiger partial charge in [0.2, 0.25) is 0 Å². The molecule has 0 fully saturated rings. The molecule has 1 aliphatic rings.